The highest BCUT2D eigenvalue weighted by Gasteiger charge is 2.21. The Balaban J connectivity index is 2.04. The zero-order valence-electron chi connectivity index (χ0n) is 9.49. The molecule has 17 heavy (non-hydrogen) atoms. The predicted octanol–water partition coefficient (Wildman–Crippen LogP) is 1.10. The van der Waals surface area contributed by atoms with Crippen molar-refractivity contribution >= 4 is 16.9 Å². The number of nitrogens with zero attached hydrogens (tertiary/aromatic N) is 4. The van der Waals surface area contributed by atoms with Gasteiger partial charge in [-0.3, -0.25) is 15.6 Å². The molecule has 5 heteroatoms. The van der Waals surface area contributed by atoms with Gasteiger partial charge in [-0.25, -0.2) is 4.98 Å². The maximum absolute atomic E-state index is 6.02. The van der Waals surface area contributed by atoms with Crippen molar-refractivity contribution in [1.29, 1.82) is 0 Å². The molecule has 0 unspecified atom stereocenters. The third kappa shape index (κ3) is 1.60. The summed E-state index contributed by atoms with van der Waals surface area (Å²) < 4.78 is 0. The topological polar surface area (TPSA) is 58.3 Å². The van der Waals surface area contributed by atoms with Crippen molar-refractivity contribution in [2.24, 2.45) is 5.73 Å². The predicted molar refractivity (Wildman–Crippen MR) is 66.9 cm³/mol. The minimum atomic E-state index is -0.217. The van der Waals surface area contributed by atoms with Crippen LogP contribution in [0.15, 0.2) is 42.9 Å². The fourth-order valence-electron chi connectivity index (χ4n) is 1.83. The quantitative estimate of drug-likeness (QED) is 0.790. The first-order valence-corrected chi connectivity index (χ1v) is 5.42. The van der Waals surface area contributed by atoms with Gasteiger partial charge in [-0.15, -0.1) is 0 Å². The van der Waals surface area contributed by atoms with Gasteiger partial charge >= 0.3 is 0 Å². The van der Waals surface area contributed by atoms with Crippen molar-refractivity contribution in [1.82, 2.24) is 14.9 Å². The Morgan fingerprint density at radius 1 is 1.18 bits per heavy atom. The standard InChI is InChI=1S/C12H13N5/c1-16-6-7-17(12(16)13)11-8-14-9-4-2-3-5-10(9)15-11/h2-8,12H,13H2,1H3/t12-/m1/s1. The molecule has 2 heterocycles. The Labute approximate surface area is 99.2 Å². The SMILES string of the molecule is CN1C=CN(c2cnc3ccccc3n2)[C@@H]1N. The first-order valence-electron chi connectivity index (χ1n) is 5.42. The van der Waals surface area contributed by atoms with E-state index in [0.717, 1.165) is 16.9 Å². The second-order valence-electron chi connectivity index (χ2n) is 4.00. The molecule has 2 aromatic rings. The van der Waals surface area contributed by atoms with Gasteiger partial charge < -0.3 is 4.90 Å². The van der Waals surface area contributed by atoms with Crippen molar-refractivity contribution in [2.45, 2.75) is 6.29 Å². The van der Waals surface area contributed by atoms with Crippen LogP contribution in [-0.4, -0.2) is 28.2 Å². The van der Waals surface area contributed by atoms with Crippen LogP contribution in [-0.2, 0) is 0 Å². The molecule has 0 saturated carbocycles. The van der Waals surface area contributed by atoms with Crippen molar-refractivity contribution < 1.29 is 0 Å². The highest BCUT2D eigenvalue weighted by atomic mass is 15.4. The molecule has 1 aromatic carbocycles. The molecular weight excluding hydrogens is 214 g/mol. The molecule has 0 aliphatic carbocycles. The number of aromatic nitrogens is 2. The lowest BCUT2D eigenvalue weighted by atomic mass is 10.3. The van der Waals surface area contributed by atoms with Crippen molar-refractivity contribution in [3.63, 3.8) is 0 Å². The number of rotatable bonds is 1. The van der Waals surface area contributed by atoms with Gasteiger partial charge in [0.2, 0.25) is 0 Å². The van der Waals surface area contributed by atoms with Crippen LogP contribution in [0.2, 0.25) is 0 Å². The molecule has 0 fully saturated rings. The van der Waals surface area contributed by atoms with E-state index in [1.807, 2.05) is 53.5 Å². The third-order valence-corrected chi connectivity index (χ3v) is 2.87. The monoisotopic (exact) mass is 227 g/mol. The average Bonchev–Trinajstić information content (AvgIpc) is 2.70. The Hall–Kier alpha value is -2.14. The molecule has 1 aliphatic rings. The lowest BCUT2D eigenvalue weighted by Crippen LogP contribution is -2.44. The van der Waals surface area contributed by atoms with Crippen LogP contribution in [0.1, 0.15) is 0 Å². The lowest BCUT2D eigenvalue weighted by molar-refractivity contribution is 0.366. The molecule has 2 N–H and O–H groups in total. The van der Waals surface area contributed by atoms with Gasteiger partial charge in [0.25, 0.3) is 0 Å². The van der Waals surface area contributed by atoms with E-state index >= 15 is 0 Å². The molecule has 0 saturated heterocycles. The number of benzene rings is 1. The van der Waals surface area contributed by atoms with Gasteiger partial charge in [-0.05, 0) is 12.1 Å². The van der Waals surface area contributed by atoms with Crippen LogP contribution in [0.5, 0.6) is 0 Å². The molecule has 0 radical (unpaired) electrons. The second-order valence-corrected chi connectivity index (χ2v) is 4.00. The van der Waals surface area contributed by atoms with E-state index in [2.05, 4.69) is 9.97 Å². The van der Waals surface area contributed by atoms with E-state index in [0.29, 0.717) is 0 Å². The van der Waals surface area contributed by atoms with E-state index in [1.54, 1.807) is 6.20 Å². The molecule has 1 atom stereocenters. The lowest BCUT2D eigenvalue weighted by Gasteiger charge is -2.25. The number of hydrogen-bond acceptors (Lipinski definition) is 5. The number of fused-ring (bicyclic) bond motifs is 1. The molecule has 0 spiro atoms. The van der Waals surface area contributed by atoms with E-state index in [-0.39, 0.29) is 6.29 Å². The first-order chi connectivity index (χ1) is 8.25. The summed E-state index contributed by atoms with van der Waals surface area (Å²) in [7, 11) is 1.93. The fraction of sp³-hybridized carbons (Fsp3) is 0.167. The van der Waals surface area contributed by atoms with Gasteiger partial charge in [0.15, 0.2) is 12.1 Å². The summed E-state index contributed by atoms with van der Waals surface area (Å²) in [5.41, 5.74) is 7.79. The summed E-state index contributed by atoms with van der Waals surface area (Å²) in [6, 6.07) is 7.79. The zero-order valence-corrected chi connectivity index (χ0v) is 9.49. The van der Waals surface area contributed by atoms with E-state index in [9.17, 15) is 0 Å². The number of para-hydroxylation sites is 2. The van der Waals surface area contributed by atoms with Gasteiger partial charge in [-0.1, -0.05) is 12.1 Å². The number of hydrogen-bond donors (Lipinski definition) is 1. The average molecular weight is 227 g/mol. The van der Waals surface area contributed by atoms with Crippen LogP contribution in [0.3, 0.4) is 0 Å². The molecular formula is C12H13N5. The molecule has 1 aliphatic heterocycles. The molecule has 1 aromatic heterocycles. The Bertz CT molecular complexity index is 580. The number of nitrogens with two attached hydrogens (primary N) is 1. The summed E-state index contributed by atoms with van der Waals surface area (Å²) in [6.07, 6.45) is 5.35. The summed E-state index contributed by atoms with van der Waals surface area (Å²) >= 11 is 0. The Kier molecular flexibility index (Phi) is 2.19. The van der Waals surface area contributed by atoms with Crippen molar-refractivity contribution in [3.05, 3.63) is 42.9 Å². The summed E-state index contributed by atoms with van der Waals surface area (Å²) in [4.78, 5) is 12.7. The summed E-state index contributed by atoms with van der Waals surface area (Å²) in [5, 5.41) is 0. The molecule has 5 nitrogen and oxygen atoms in total. The minimum absolute atomic E-state index is 0.217. The molecule has 0 amide bonds. The summed E-state index contributed by atoms with van der Waals surface area (Å²) in [6.45, 7) is 0. The minimum Gasteiger partial charge on any atom is -0.347 e. The van der Waals surface area contributed by atoms with Gasteiger partial charge in [0.05, 0.1) is 17.2 Å². The van der Waals surface area contributed by atoms with Gasteiger partial charge in [0, 0.05) is 19.4 Å². The van der Waals surface area contributed by atoms with Crippen LogP contribution in [0.4, 0.5) is 5.82 Å². The zero-order chi connectivity index (χ0) is 11.8. The molecule has 3 rings (SSSR count). The van der Waals surface area contributed by atoms with Crippen LogP contribution in [0, 0.1) is 0 Å². The van der Waals surface area contributed by atoms with Crippen molar-refractivity contribution in [2.75, 3.05) is 11.9 Å². The highest BCUT2D eigenvalue weighted by Crippen LogP contribution is 2.20. The second kappa shape index (κ2) is 3.71. The first kappa shape index (κ1) is 10.0. The smallest absolute Gasteiger partial charge is 0.159 e. The number of anilines is 1. The maximum atomic E-state index is 6.02. The van der Waals surface area contributed by atoms with E-state index in [1.165, 1.54) is 0 Å². The van der Waals surface area contributed by atoms with Crippen LogP contribution >= 0.6 is 0 Å². The van der Waals surface area contributed by atoms with Gasteiger partial charge in [-0.2, -0.15) is 0 Å². The fourth-order valence-corrected chi connectivity index (χ4v) is 1.83. The summed E-state index contributed by atoms with van der Waals surface area (Å²) in [5.74, 6) is 0.761. The van der Waals surface area contributed by atoms with Crippen LogP contribution < -0.4 is 10.6 Å². The van der Waals surface area contributed by atoms with E-state index < -0.39 is 0 Å². The maximum Gasteiger partial charge on any atom is 0.159 e. The van der Waals surface area contributed by atoms with Crippen molar-refractivity contribution in [3.8, 4) is 0 Å². The largest absolute Gasteiger partial charge is 0.347 e. The van der Waals surface area contributed by atoms with Crippen LogP contribution in [0.25, 0.3) is 11.0 Å². The Morgan fingerprint density at radius 2 is 1.94 bits per heavy atom. The molecule has 86 valence electrons. The normalized spacial score (nSPS) is 19.3. The van der Waals surface area contributed by atoms with Gasteiger partial charge in [0.1, 0.15) is 0 Å². The third-order valence-electron chi connectivity index (χ3n) is 2.87. The Morgan fingerprint density at radius 3 is 2.65 bits per heavy atom. The molecule has 0 bridgehead atoms. The van der Waals surface area contributed by atoms with E-state index in [4.69, 9.17) is 5.73 Å². The highest BCUT2D eigenvalue weighted by molar-refractivity contribution is 5.75.